The average molecular weight is 331 g/mol. The molecule has 0 saturated heterocycles. The van der Waals surface area contributed by atoms with Gasteiger partial charge in [-0.1, -0.05) is 13.8 Å². The van der Waals surface area contributed by atoms with Gasteiger partial charge in [0.2, 0.25) is 5.03 Å². The summed E-state index contributed by atoms with van der Waals surface area (Å²) in [6.07, 6.45) is 0.716. The normalized spacial score (nSPS) is 13.6. The van der Waals surface area contributed by atoms with Gasteiger partial charge in [-0.25, -0.2) is 13.2 Å². The summed E-state index contributed by atoms with van der Waals surface area (Å²) in [4.78, 5) is 12.0. The SMILES string of the molecule is CCOC(=O)c1c(S(=O)(=O)N(C)[C@@H](C)CC(C)C)n[nH]c1C. The fourth-order valence-corrected chi connectivity index (χ4v) is 3.73. The van der Waals surface area contributed by atoms with E-state index in [0.717, 1.165) is 0 Å². The lowest BCUT2D eigenvalue weighted by Gasteiger charge is -2.25. The van der Waals surface area contributed by atoms with Crippen LogP contribution in [0.3, 0.4) is 0 Å². The van der Waals surface area contributed by atoms with Gasteiger partial charge in [0, 0.05) is 18.8 Å². The molecule has 0 aliphatic heterocycles. The number of aryl methyl sites for hydroxylation is 1. The maximum absolute atomic E-state index is 12.7. The Balaban J connectivity index is 3.21. The number of aromatic amines is 1. The number of carbonyl (C=O) groups is 1. The predicted molar refractivity (Wildman–Crippen MR) is 83.1 cm³/mol. The van der Waals surface area contributed by atoms with Gasteiger partial charge in [0.25, 0.3) is 10.0 Å². The minimum absolute atomic E-state index is 0.0227. The van der Waals surface area contributed by atoms with Crippen molar-refractivity contribution in [2.45, 2.75) is 52.1 Å². The average Bonchev–Trinajstić information content (AvgIpc) is 2.79. The number of carbonyl (C=O) groups excluding carboxylic acids is 1. The van der Waals surface area contributed by atoms with Crippen molar-refractivity contribution in [3.05, 3.63) is 11.3 Å². The van der Waals surface area contributed by atoms with Gasteiger partial charge in [-0.15, -0.1) is 0 Å². The van der Waals surface area contributed by atoms with Gasteiger partial charge in [-0.3, -0.25) is 5.10 Å². The van der Waals surface area contributed by atoms with Crippen LogP contribution < -0.4 is 0 Å². The van der Waals surface area contributed by atoms with Gasteiger partial charge in [0.15, 0.2) is 0 Å². The molecule has 0 saturated carbocycles. The summed E-state index contributed by atoms with van der Waals surface area (Å²) in [5.74, 6) is -0.324. The third-order valence-electron chi connectivity index (χ3n) is 3.45. The number of nitrogens with zero attached hydrogens (tertiary/aromatic N) is 2. The van der Waals surface area contributed by atoms with Crippen molar-refractivity contribution in [1.29, 1.82) is 0 Å². The van der Waals surface area contributed by atoms with Crippen molar-refractivity contribution in [2.75, 3.05) is 13.7 Å². The molecule has 126 valence electrons. The highest BCUT2D eigenvalue weighted by Gasteiger charge is 2.34. The molecular formula is C14H25N3O4S. The zero-order chi connectivity index (χ0) is 17.1. The van der Waals surface area contributed by atoms with Crippen LogP contribution in [0, 0.1) is 12.8 Å². The number of hydrogen-bond acceptors (Lipinski definition) is 5. The van der Waals surface area contributed by atoms with E-state index in [1.54, 1.807) is 13.8 Å². The minimum Gasteiger partial charge on any atom is -0.462 e. The number of sulfonamides is 1. The van der Waals surface area contributed by atoms with E-state index in [0.29, 0.717) is 18.0 Å². The first kappa shape index (κ1) is 18.6. The van der Waals surface area contributed by atoms with Gasteiger partial charge in [-0.05, 0) is 33.1 Å². The van der Waals surface area contributed by atoms with Gasteiger partial charge in [-0.2, -0.15) is 9.40 Å². The summed E-state index contributed by atoms with van der Waals surface area (Å²) in [5, 5.41) is 6.10. The van der Waals surface area contributed by atoms with Crippen LogP contribution in [0.4, 0.5) is 0 Å². The standard InChI is InChI=1S/C14H25N3O4S/c1-7-21-14(18)12-11(5)15-16-13(12)22(19,20)17(6)10(4)8-9(2)3/h9-10H,7-8H2,1-6H3,(H,15,16)/t10-/m0/s1. The summed E-state index contributed by atoms with van der Waals surface area (Å²) in [7, 11) is -2.37. The number of rotatable bonds is 7. The predicted octanol–water partition coefficient (Wildman–Crippen LogP) is 1.95. The highest BCUT2D eigenvalue weighted by Crippen LogP contribution is 2.23. The van der Waals surface area contributed by atoms with Crippen LogP contribution in [0.2, 0.25) is 0 Å². The fraction of sp³-hybridized carbons (Fsp3) is 0.714. The number of ether oxygens (including phenoxy) is 1. The maximum atomic E-state index is 12.7. The monoisotopic (exact) mass is 331 g/mol. The van der Waals surface area contributed by atoms with E-state index in [2.05, 4.69) is 10.2 Å². The molecule has 0 fully saturated rings. The zero-order valence-electron chi connectivity index (χ0n) is 14.0. The molecule has 0 unspecified atom stereocenters. The quantitative estimate of drug-likeness (QED) is 0.771. The molecule has 1 aromatic heterocycles. The highest BCUT2D eigenvalue weighted by molar-refractivity contribution is 7.89. The lowest BCUT2D eigenvalue weighted by Crippen LogP contribution is -2.36. The van der Waals surface area contributed by atoms with Crippen LogP contribution in [0.1, 0.15) is 50.2 Å². The molecule has 0 aliphatic carbocycles. The first-order valence-electron chi connectivity index (χ1n) is 7.33. The van der Waals surface area contributed by atoms with E-state index in [9.17, 15) is 13.2 Å². The van der Waals surface area contributed by atoms with Crippen molar-refractivity contribution in [3.63, 3.8) is 0 Å². The second kappa shape index (κ2) is 7.23. The molecule has 0 radical (unpaired) electrons. The minimum atomic E-state index is -3.87. The smallest absolute Gasteiger partial charge is 0.343 e. The van der Waals surface area contributed by atoms with Gasteiger partial charge in [0.05, 0.1) is 6.61 Å². The lowest BCUT2D eigenvalue weighted by molar-refractivity contribution is 0.0520. The molecule has 0 amide bonds. The Kier molecular flexibility index (Phi) is 6.13. The molecule has 0 aromatic carbocycles. The van der Waals surface area contributed by atoms with E-state index in [-0.39, 0.29) is 23.2 Å². The number of H-pyrrole nitrogens is 1. The van der Waals surface area contributed by atoms with E-state index < -0.39 is 16.0 Å². The molecule has 0 bridgehead atoms. The van der Waals surface area contributed by atoms with Crippen LogP contribution in [-0.4, -0.2) is 48.6 Å². The largest absolute Gasteiger partial charge is 0.462 e. The molecule has 1 heterocycles. The number of aromatic nitrogens is 2. The first-order valence-corrected chi connectivity index (χ1v) is 8.77. The Morgan fingerprint density at radius 2 is 1.95 bits per heavy atom. The molecule has 8 heteroatoms. The lowest BCUT2D eigenvalue weighted by atomic mass is 10.1. The van der Waals surface area contributed by atoms with E-state index in [1.165, 1.54) is 11.4 Å². The van der Waals surface area contributed by atoms with Gasteiger partial charge in [0.1, 0.15) is 5.56 Å². The summed E-state index contributed by atoms with van der Waals surface area (Å²) >= 11 is 0. The number of esters is 1. The Bertz CT molecular complexity index is 622. The fourth-order valence-electron chi connectivity index (χ4n) is 2.24. The molecule has 0 aliphatic rings. The highest BCUT2D eigenvalue weighted by atomic mass is 32.2. The Morgan fingerprint density at radius 3 is 2.45 bits per heavy atom. The van der Waals surface area contributed by atoms with Crippen molar-refractivity contribution in [3.8, 4) is 0 Å². The molecule has 1 atom stereocenters. The first-order chi connectivity index (χ1) is 10.1. The molecule has 22 heavy (non-hydrogen) atoms. The number of hydrogen-bond donors (Lipinski definition) is 1. The molecule has 0 spiro atoms. The summed E-state index contributed by atoms with van der Waals surface area (Å²) < 4.78 is 31.6. The summed E-state index contributed by atoms with van der Waals surface area (Å²) in [5.41, 5.74) is 0.354. The van der Waals surface area contributed by atoms with Crippen LogP contribution in [0.15, 0.2) is 5.03 Å². The maximum Gasteiger partial charge on any atom is 0.343 e. The van der Waals surface area contributed by atoms with E-state index in [1.807, 2.05) is 20.8 Å². The zero-order valence-corrected chi connectivity index (χ0v) is 14.8. The van der Waals surface area contributed by atoms with Crippen LogP contribution in [-0.2, 0) is 14.8 Å². The van der Waals surface area contributed by atoms with Crippen molar-refractivity contribution in [2.24, 2.45) is 5.92 Å². The molecule has 1 N–H and O–H groups in total. The van der Waals surface area contributed by atoms with Crippen molar-refractivity contribution in [1.82, 2.24) is 14.5 Å². The van der Waals surface area contributed by atoms with Gasteiger partial charge < -0.3 is 4.74 Å². The van der Waals surface area contributed by atoms with Gasteiger partial charge >= 0.3 is 5.97 Å². The topological polar surface area (TPSA) is 92.4 Å². The Labute approximate surface area is 132 Å². The number of nitrogens with one attached hydrogen (secondary N) is 1. The summed E-state index contributed by atoms with van der Waals surface area (Å²) in [6, 6.07) is -0.197. The van der Waals surface area contributed by atoms with E-state index >= 15 is 0 Å². The molecule has 1 aromatic rings. The van der Waals surface area contributed by atoms with Crippen molar-refractivity contribution >= 4 is 16.0 Å². The third kappa shape index (κ3) is 3.86. The summed E-state index contributed by atoms with van der Waals surface area (Å²) in [6.45, 7) is 9.32. The third-order valence-corrected chi connectivity index (χ3v) is 5.35. The van der Waals surface area contributed by atoms with Crippen LogP contribution in [0.5, 0.6) is 0 Å². The molecule has 7 nitrogen and oxygen atoms in total. The Morgan fingerprint density at radius 1 is 1.36 bits per heavy atom. The van der Waals surface area contributed by atoms with Crippen LogP contribution >= 0.6 is 0 Å². The Hall–Kier alpha value is -1.41. The molecular weight excluding hydrogens is 306 g/mol. The van der Waals surface area contributed by atoms with Crippen molar-refractivity contribution < 1.29 is 17.9 Å². The van der Waals surface area contributed by atoms with E-state index in [4.69, 9.17) is 4.74 Å². The molecule has 1 rings (SSSR count). The second-order valence-corrected chi connectivity index (χ2v) is 7.66. The second-order valence-electron chi connectivity index (χ2n) is 5.75. The van der Waals surface area contributed by atoms with Crippen LogP contribution in [0.25, 0.3) is 0 Å².